The fourth-order valence-corrected chi connectivity index (χ4v) is 1.64. The molecule has 0 amide bonds. The highest BCUT2D eigenvalue weighted by Gasteiger charge is 2.14. The maximum absolute atomic E-state index is 13.6. The lowest BCUT2D eigenvalue weighted by Gasteiger charge is -2.17. The number of nitrogens with one attached hydrogen (secondary N) is 1. The Morgan fingerprint density at radius 1 is 1.28 bits per heavy atom. The number of aromatic nitrogens is 1. The minimum Gasteiger partial charge on any atom is -0.397 e. The molecule has 0 radical (unpaired) electrons. The Balaban J connectivity index is 2.27. The van der Waals surface area contributed by atoms with Crippen molar-refractivity contribution in [3.05, 3.63) is 53.9 Å². The zero-order chi connectivity index (χ0) is 13.1. The average Bonchev–Trinajstić information content (AvgIpc) is 2.40. The third-order valence-corrected chi connectivity index (χ3v) is 2.67. The molecule has 1 atom stereocenters. The van der Waals surface area contributed by atoms with E-state index in [0.717, 1.165) is 11.6 Å². The molecule has 0 bridgehead atoms. The first-order chi connectivity index (χ1) is 8.59. The lowest BCUT2D eigenvalue weighted by Crippen LogP contribution is -2.11. The summed E-state index contributed by atoms with van der Waals surface area (Å²) in [5, 5.41) is 2.86. The molecule has 94 valence electrons. The second kappa shape index (κ2) is 5.00. The van der Waals surface area contributed by atoms with Crippen molar-refractivity contribution < 1.29 is 8.78 Å². The van der Waals surface area contributed by atoms with Crippen LogP contribution in [0.15, 0.2) is 36.7 Å². The highest BCUT2D eigenvalue weighted by molar-refractivity contribution is 5.67. The maximum atomic E-state index is 13.6. The van der Waals surface area contributed by atoms with E-state index in [4.69, 9.17) is 5.73 Å². The largest absolute Gasteiger partial charge is 0.397 e. The molecule has 3 N–H and O–H groups in total. The second-order valence-corrected chi connectivity index (χ2v) is 3.98. The van der Waals surface area contributed by atoms with Crippen molar-refractivity contribution in [3.63, 3.8) is 0 Å². The predicted molar refractivity (Wildman–Crippen MR) is 67.0 cm³/mol. The molecule has 0 spiro atoms. The topological polar surface area (TPSA) is 50.9 Å². The van der Waals surface area contributed by atoms with Crippen molar-refractivity contribution in [2.45, 2.75) is 13.0 Å². The van der Waals surface area contributed by atoms with E-state index in [1.807, 2.05) is 13.0 Å². The zero-order valence-corrected chi connectivity index (χ0v) is 9.82. The van der Waals surface area contributed by atoms with E-state index >= 15 is 0 Å². The molecule has 2 rings (SSSR count). The van der Waals surface area contributed by atoms with Crippen molar-refractivity contribution >= 4 is 11.4 Å². The predicted octanol–water partition coefficient (Wildman–Crippen LogP) is 3.12. The fourth-order valence-electron chi connectivity index (χ4n) is 1.64. The first kappa shape index (κ1) is 12.3. The van der Waals surface area contributed by atoms with Gasteiger partial charge in [-0.05, 0) is 30.7 Å². The Bertz CT molecular complexity index is 543. The van der Waals surface area contributed by atoms with Gasteiger partial charge >= 0.3 is 0 Å². The summed E-state index contributed by atoms with van der Waals surface area (Å²) in [7, 11) is 0. The molecule has 0 aliphatic rings. The van der Waals surface area contributed by atoms with E-state index < -0.39 is 11.6 Å². The monoisotopic (exact) mass is 249 g/mol. The van der Waals surface area contributed by atoms with Crippen LogP contribution in [-0.2, 0) is 0 Å². The maximum Gasteiger partial charge on any atom is 0.183 e. The van der Waals surface area contributed by atoms with Gasteiger partial charge in [-0.3, -0.25) is 4.98 Å². The van der Waals surface area contributed by atoms with Gasteiger partial charge in [0, 0.05) is 12.4 Å². The van der Waals surface area contributed by atoms with Crippen molar-refractivity contribution in [3.8, 4) is 0 Å². The van der Waals surface area contributed by atoms with E-state index in [0.29, 0.717) is 0 Å². The molecule has 0 aliphatic heterocycles. The van der Waals surface area contributed by atoms with Crippen molar-refractivity contribution in [2.75, 3.05) is 11.1 Å². The average molecular weight is 249 g/mol. The van der Waals surface area contributed by atoms with Crippen LogP contribution in [0.4, 0.5) is 20.2 Å². The number of hydrogen-bond donors (Lipinski definition) is 2. The number of pyridine rings is 1. The van der Waals surface area contributed by atoms with E-state index in [2.05, 4.69) is 10.3 Å². The molecule has 0 saturated heterocycles. The number of rotatable bonds is 3. The van der Waals surface area contributed by atoms with Gasteiger partial charge < -0.3 is 11.1 Å². The summed E-state index contributed by atoms with van der Waals surface area (Å²) in [5.74, 6) is -1.89. The highest BCUT2D eigenvalue weighted by Crippen LogP contribution is 2.28. The summed E-state index contributed by atoms with van der Waals surface area (Å²) < 4.78 is 26.7. The van der Waals surface area contributed by atoms with Gasteiger partial charge in [0.15, 0.2) is 11.6 Å². The molecule has 5 heteroatoms. The lowest BCUT2D eigenvalue weighted by atomic mass is 10.1. The van der Waals surface area contributed by atoms with Crippen LogP contribution in [0.25, 0.3) is 0 Å². The summed E-state index contributed by atoms with van der Waals surface area (Å²) in [4.78, 5) is 3.97. The number of halogens is 2. The van der Waals surface area contributed by atoms with Crippen LogP contribution in [0.5, 0.6) is 0 Å². The summed E-state index contributed by atoms with van der Waals surface area (Å²) in [6.07, 6.45) is 3.30. The number of anilines is 2. The van der Waals surface area contributed by atoms with E-state index in [1.165, 1.54) is 6.07 Å². The van der Waals surface area contributed by atoms with Gasteiger partial charge in [0.05, 0.1) is 17.4 Å². The molecule has 0 saturated carbocycles. The molecule has 3 nitrogen and oxygen atoms in total. The molecule has 0 aliphatic carbocycles. The van der Waals surface area contributed by atoms with Gasteiger partial charge in [-0.2, -0.15) is 0 Å². The van der Waals surface area contributed by atoms with E-state index in [1.54, 1.807) is 18.5 Å². The van der Waals surface area contributed by atoms with Crippen LogP contribution < -0.4 is 11.1 Å². The lowest BCUT2D eigenvalue weighted by molar-refractivity contribution is 0.510. The van der Waals surface area contributed by atoms with Crippen LogP contribution in [-0.4, -0.2) is 4.98 Å². The van der Waals surface area contributed by atoms with Gasteiger partial charge in [-0.25, -0.2) is 8.78 Å². The minimum atomic E-state index is -0.967. The third kappa shape index (κ3) is 2.40. The Kier molecular flexibility index (Phi) is 3.41. The van der Waals surface area contributed by atoms with Gasteiger partial charge in [-0.1, -0.05) is 6.07 Å². The van der Waals surface area contributed by atoms with Crippen LogP contribution in [0, 0.1) is 11.6 Å². The van der Waals surface area contributed by atoms with Gasteiger partial charge in [0.25, 0.3) is 0 Å². The Morgan fingerprint density at radius 3 is 2.72 bits per heavy atom. The molecule has 18 heavy (non-hydrogen) atoms. The number of nitrogens with zero attached hydrogens (tertiary/aromatic N) is 1. The summed E-state index contributed by atoms with van der Waals surface area (Å²) in [6, 6.07) is 5.73. The SMILES string of the molecule is CC(Nc1c(N)ccc(F)c1F)c1cccnc1. The first-order valence-corrected chi connectivity index (χ1v) is 5.49. The zero-order valence-electron chi connectivity index (χ0n) is 9.82. The molecule has 0 fully saturated rings. The quantitative estimate of drug-likeness (QED) is 0.822. The highest BCUT2D eigenvalue weighted by atomic mass is 19.2. The standard InChI is InChI=1S/C13H13F2N3/c1-8(9-3-2-6-17-7-9)18-13-11(16)5-4-10(14)12(13)15/h2-8,18H,16H2,1H3. The molecule has 1 unspecified atom stereocenters. The van der Waals surface area contributed by atoms with Gasteiger partial charge in [0.2, 0.25) is 0 Å². The second-order valence-electron chi connectivity index (χ2n) is 3.98. The minimum absolute atomic E-state index is 0.0219. The van der Waals surface area contributed by atoms with Crippen molar-refractivity contribution in [2.24, 2.45) is 0 Å². The number of nitrogens with two attached hydrogens (primary N) is 1. The Hall–Kier alpha value is -2.17. The van der Waals surface area contributed by atoms with Gasteiger partial charge in [-0.15, -0.1) is 0 Å². The molecule has 2 aromatic rings. The van der Waals surface area contributed by atoms with Crippen LogP contribution >= 0.6 is 0 Å². The number of nitrogen functional groups attached to an aromatic ring is 1. The number of hydrogen-bond acceptors (Lipinski definition) is 3. The smallest absolute Gasteiger partial charge is 0.183 e. The Morgan fingerprint density at radius 2 is 2.06 bits per heavy atom. The summed E-state index contributed by atoms with van der Waals surface area (Å²) >= 11 is 0. The van der Waals surface area contributed by atoms with E-state index in [-0.39, 0.29) is 17.4 Å². The van der Waals surface area contributed by atoms with Crippen LogP contribution in [0.2, 0.25) is 0 Å². The fraction of sp³-hybridized carbons (Fsp3) is 0.154. The molecule has 1 heterocycles. The van der Waals surface area contributed by atoms with Crippen LogP contribution in [0.3, 0.4) is 0 Å². The molecular formula is C13H13F2N3. The van der Waals surface area contributed by atoms with Crippen LogP contribution in [0.1, 0.15) is 18.5 Å². The van der Waals surface area contributed by atoms with Crippen molar-refractivity contribution in [1.82, 2.24) is 4.98 Å². The number of benzene rings is 1. The molecule has 1 aromatic carbocycles. The van der Waals surface area contributed by atoms with E-state index in [9.17, 15) is 8.78 Å². The first-order valence-electron chi connectivity index (χ1n) is 5.49. The third-order valence-electron chi connectivity index (χ3n) is 2.67. The Labute approximate surface area is 104 Å². The van der Waals surface area contributed by atoms with Gasteiger partial charge in [0.1, 0.15) is 0 Å². The van der Waals surface area contributed by atoms with Crippen molar-refractivity contribution in [1.29, 1.82) is 0 Å². The molecule has 1 aromatic heterocycles. The summed E-state index contributed by atoms with van der Waals surface area (Å²) in [5.41, 5.74) is 6.64. The molecular weight excluding hydrogens is 236 g/mol. The normalized spacial score (nSPS) is 12.2. The summed E-state index contributed by atoms with van der Waals surface area (Å²) in [6.45, 7) is 1.82.